The van der Waals surface area contributed by atoms with Gasteiger partial charge in [0, 0.05) is 87.0 Å². The van der Waals surface area contributed by atoms with Crippen LogP contribution in [0.1, 0.15) is 89.8 Å². The third kappa shape index (κ3) is 8.08. The number of halogens is 2. The molecule has 1 aliphatic carbocycles. The summed E-state index contributed by atoms with van der Waals surface area (Å²) in [4.78, 5) is 39.9. The van der Waals surface area contributed by atoms with Crippen molar-refractivity contribution >= 4 is 45.6 Å². The molecule has 6 rings (SSSR count). The molecule has 3 saturated heterocycles. The third-order valence-electron chi connectivity index (χ3n) is 11.5. The Balaban J connectivity index is 1.14. The zero-order valence-electron chi connectivity index (χ0n) is 28.8. The van der Waals surface area contributed by atoms with Gasteiger partial charge in [-0.25, -0.2) is 0 Å². The lowest BCUT2D eigenvalue weighted by molar-refractivity contribution is -0.142. The summed E-state index contributed by atoms with van der Waals surface area (Å²) < 4.78 is 1.06. The van der Waals surface area contributed by atoms with E-state index in [1.165, 1.54) is 22.3 Å². The van der Waals surface area contributed by atoms with Crippen LogP contribution >= 0.6 is 27.5 Å². The summed E-state index contributed by atoms with van der Waals surface area (Å²) in [7, 11) is 0. The Hall–Kier alpha value is -2.00. The number of allylic oxidation sites excluding steroid dienone is 3. The Morgan fingerprint density at radius 3 is 2.43 bits per heavy atom. The Labute approximate surface area is 295 Å². The van der Waals surface area contributed by atoms with Gasteiger partial charge in [0.05, 0.1) is 12.6 Å². The van der Waals surface area contributed by atoms with Crippen molar-refractivity contribution in [3.63, 3.8) is 0 Å². The molecular formula is C38H53BrClN5O2. The molecule has 47 heavy (non-hydrogen) atoms. The fraction of sp³-hybridized carbons (Fsp3) is 0.658. The van der Waals surface area contributed by atoms with E-state index in [9.17, 15) is 9.59 Å². The van der Waals surface area contributed by atoms with Crippen molar-refractivity contribution in [2.24, 2.45) is 16.3 Å². The van der Waals surface area contributed by atoms with E-state index in [1.807, 2.05) is 11.1 Å². The summed E-state index contributed by atoms with van der Waals surface area (Å²) in [6.45, 7) is 15.6. The first-order valence-electron chi connectivity index (χ1n) is 17.9. The average Bonchev–Trinajstić information content (AvgIpc) is 3.21. The molecule has 0 saturated carbocycles. The van der Waals surface area contributed by atoms with Crippen LogP contribution in [-0.4, -0.2) is 102 Å². The molecule has 0 aromatic heterocycles. The van der Waals surface area contributed by atoms with Gasteiger partial charge in [-0.05, 0) is 113 Å². The van der Waals surface area contributed by atoms with E-state index in [-0.39, 0.29) is 23.4 Å². The number of amides is 2. The van der Waals surface area contributed by atoms with Gasteiger partial charge < -0.3 is 9.80 Å². The molecule has 0 N–H and O–H groups in total. The van der Waals surface area contributed by atoms with Crippen LogP contribution in [0.3, 0.4) is 0 Å². The standard InChI is InChI=1S/C38H53BrClN5O2/c1-26(46)42-14-10-27(11-15-42)20-36(47)45-19-18-44(25-35(45)38(2,3)4)32-12-16-43(17-13-32)37-33-9-8-31(40)22-29(33)7-5-6-28-21-30(39)23-41-24-34(28)37/h8-9,21-23,27,32,35,37H,5-7,10-20,24-25H2,1-4H3. The molecule has 2 amide bonds. The highest BCUT2D eigenvalue weighted by Crippen LogP contribution is 2.41. The van der Waals surface area contributed by atoms with Crippen LogP contribution in [0, 0.1) is 11.3 Å². The topological polar surface area (TPSA) is 59.5 Å². The van der Waals surface area contributed by atoms with Crippen molar-refractivity contribution in [2.45, 2.75) is 97.2 Å². The highest BCUT2D eigenvalue weighted by Gasteiger charge is 2.41. The summed E-state index contributed by atoms with van der Waals surface area (Å²) >= 11 is 10.2. The molecule has 9 heteroatoms. The zero-order valence-corrected chi connectivity index (χ0v) is 31.2. The first-order valence-corrected chi connectivity index (χ1v) is 19.1. The predicted octanol–water partition coefficient (Wildman–Crippen LogP) is 7.05. The first kappa shape index (κ1) is 34.8. The summed E-state index contributed by atoms with van der Waals surface area (Å²) in [6.07, 6.45) is 12.2. The van der Waals surface area contributed by atoms with Gasteiger partial charge in [-0.3, -0.25) is 24.4 Å². The van der Waals surface area contributed by atoms with Crippen LogP contribution in [0.15, 0.2) is 44.9 Å². The monoisotopic (exact) mass is 725 g/mol. The molecule has 4 aliphatic heterocycles. The molecule has 2 unspecified atom stereocenters. The quantitative estimate of drug-likeness (QED) is 0.334. The number of carbonyl (C=O) groups excluding carboxylic acids is 2. The van der Waals surface area contributed by atoms with Gasteiger partial charge in [0.25, 0.3) is 0 Å². The molecule has 0 radical (unpaired) electrons. The number of fused-ring (bicyclic) bond motifs is 1. The van der Waals surface area contributed by atoms with Gasteiger partial charge in [0.15, 0.2) is 0 Å². The van der Waals surface area contributed by atoms with Crippen molar-refractivity contribution in [3.05, 3.63) is 56.1 Å². The Kier molecular flexibility index (Phi) is 11.0. The number of aryl methyl sites for hydroxylation is 1. The second kappa shape index (κ2) is 14.9. The van der Waals surface area contributed by atoms with Gasteiger partial charge >= 0.3 is 0 Å². The van der Waals surface area contributed by atoms with Crippen molar-refractivity contribution in [3.8, 4) is 0 Å². The number of carbonyl (C=O) groups is 2. The number of piperidine rings is 2. The maximum absolute atomic E-state index is 13.8. The summed E-state index contributed by atoms with van der Waals surface area (Å²) in [5.74, 6) is 0.830. The smallest absolute Gasteiger partial charge is 0.223 e. The predicted molar refractivity (Wildman–Crippen MR) is 195 cm³/mol. The van der Waals surface area contributed by atoms with Crippen molar-refractivity contribution < 1.29 is 9.59 Å². The lowest BCUT2D eigenvalue weighted by Crippen LogP contribution is -2.62. The fourth-order valence-electron chi connectivity index (χ4n) is 8.76. The third-order valence-corrected chi connectivity index (χ3v) is 12.1. The molecule has 5 aliphatic rings. The molecule has 0 bridgehead atoms. The van der Waals surface area contributed by atoms with E-state index in [4.69, 9.17) is 16.6 Å². The number of nitrogens with zero attached hydrogens (tertiary/aromatic N) is 5. The van der Waals surface area contributed by atoms with E-state index < -0.39 is 0 Å². The van der Waals surface area contributed by atoms with Crippen molar-refractivity contribution in [1.82, 2.24) is 19.6 Å². The number of likely N-dealkylation sites (tertiary alicyclic amines) is 2. The van der Waals surface area contributed by atoms with Gasteiger partial charge in [-0.15, -0.1) is 0 Å². The molecular weight excluding hydrogens is 674 g/mol. The van der Waals surface area contributed by atoms with Crippen LogP contribution in [0.5, 0.6) is 0 Å². The first-order chi connectivity index (χ1) is 22.5. The largest absolute Gasteiger partial charge is 0.343 e. The van der Waals surface area contributed by atoms with E-state index in [0.29, 0.717) is 24.3 Å². The van der Waals surface area contributed by atoms with E-state index in [0.717, 1.165) is 107 Å². The molecule has 3 fully saturated rings. The minimum atomic E-state index is 0.00153. The van der Waals surface area contributed by atoms with Gasteiger partial charge in [0.2, 0.25) is 11.8 Å². The molecule has 1 aromatic rings. The Morgan fingerprint density at radius 2 is 1.72 bits per heavy atom. The van der Waals surface area contributed by atoms with E-state index in [2.05, 4.69) is 75.7 Å². The maximum atomic E-state index is 13.8. The zero-order chi connectivity index (χ0) is 33.3. The van der Waals surface area contributed by atoms with Gasteiger partial charge in [0.1, 0.15) is 0 Å². The average molecular weight is 727 g/mol. The van der Waals surface area contributed by atoms with E-state index in [1.54, 1.807) is 6.92 Å². The number of rotatable bonds is 4. The summed E-state index contributed by atoms with van der Waals surface area (Å²) in [5.41, 5.74) is 5.64. The van der Waals surface area contributed by atoms with Crippen molar-refractivity contribution in [2.75, 3.05) is 52.4 Å². The highest BCUT2D eigenvalue weighted by molar-refractivity contribution is 9.12. The second-order valence-corrected chi connectivity index (χ2v) is 16.9. The number of hydrogen-bond donors (Lipinski definition) is 0. The lowest BCUT2D eigenvalue weighted by Gasteiger charge is -2.51. The molecule has 2 atom stereocenters. The number of benzene rings is 1. The van der Waals surface area contributed by atoms with Gasteiger partial charge in [-0.1, -0.05) is 38.4 Å². The normalized spacial score (nSPS) is 25.9. The minimum absolute atomic E-state index is 0.00153. The Bertz CT molecular complexity index is 1420. The number of hydrogen-bond acceptors (Lipinski definition) is 5. The van der Waals surface area contributed by atoms with Crippen LogP contribution in [0.25, 0.3) is 0 Å². The maximum Gasteiger partial charge on any atom is 0.223 e. The van der Waals surface area contributed by atoms with E-state index >= 15 is 0 Å². The molecule has 0 spiro atoms. The highest BCUT2D eigenvalue weighted by atomic mass is 79.9. The molecule has 256 valence electrons. The van der Waals surface area contributed by atoms with Gasteiger partial charge in [-0.2, -0.15) is 0 Å². The van der Waals surface area contributed by atoms with Crippen molar-refractivity contribution in [1.29, 1.82) is 0 Å². The SMILES string of the molecule is CC(=O)N1CCC(CC(=O)N2CCN(C3CCN(C4C5=C(C=C(Br)C=NC5)CCCc5cc(Cl)ccc54)CC3)CC2C(C)(C)C)CC1. The summed E-state index contributed by atoms with van der Waals surface area (Å²) in [5, 5.41) is 0.821. The number of piperazine rings is 1. The second-order valence-electron chi connectivity index (χ2n) is 15.5. The lowest BCUT2D eigenvalue weighted by atomic mass is 9.82. The Morgan fingerprint density at radius 1 is 0.979 bits per heavy atom. The van der Waals surface area contributed by atoms with Crippen LogP contribution in [-0.2, 0) is 16.0 Å². The minimum Gasteiger partial charge on any atom is -0.343 e. The fourth-order valence-corrected chi connectivity index (χ4v) is 9.37. The number of aliphatic imine (C=N–C) groups is 1. The molecule has 1 aromatic carbocycles. The van der Waals surface area contributed by atoms with Crippen LogP contribution in [0.2, 0.25) is 5.02 Å². The van der Waals surface area contributed by atoms with Crippen LogP contribution in [0.4, 0.5) is 0 Å². The summed E-state index contributed by atoms with van der Waals surface area (Å²) in [6, 6.07) is 7.46. The molecule has 7 nitrogen and oxygen atoms in total. The molecule has 4 heterocycles. The van der Waals surface area contributed by atoms with Crippen LogP contribution < -0.4 is 0 Å².